The molecule has 1 aromatic carbocycles. The first-order valence-electron chi connectivity index (χ1n) is 9.32. The van der Waals surface area contributed by atoms with Crippen LogP contribution in [0.4, 0.5) is 0 Å². The summed E-state index contributed by atoms with van der Waals surface area (Å²) in [5, 5.41) is 8.63. The molecule has 1 N–H and O–H groups in total. The van der Waals surface area contributed by atoms with Gasteiger partial charge >= 0.3 is 0 Å². The van der Waals surface area contributed by atoms with Gasteiger partial charge in [-0.3, -0.25) is 0 Å². The maximum Gasteiger partial charge on any atom is 0.126 e. The molecule has 0 saturated heterocycles. The highest BCUT2D eigenvalue weighted by molar-refractivity contribution is 5.30. The Morgan fingerprint density at radius 1 is 0.870 bits per heavy atom. The minimum absolute atomic E-state index is 0.719. The lowest BCUT2D eigenvalue weighted by Crippen LogP contribution is -2.24. The SMILES string of the molecule is CC1CCC(C2CCC(c3ccc(O/C=C\O)cc3)CC2)CC1. The number of ether oxygens (including phenoxy) is 1. The minimum atomic E-state index is 0.719. The highest BCUT2D eigenvalue weighted by Gasteiger charge is 2.30. The lowest BCUT2D eigenvalue weighted by atomic mass is 9.68. The molecule has 23 heavy (non-hydrogen) atoms. The fraction of sp³-hybridized carbons (Fsp3) is 0.619. The molecular weight excluding hydrogens is 284 g/mol. The van der Waals surface area contributed by atoms with Crippen LogP contribution in [-0.4, -0.2) is 5.11 Å². The van der Waals surface area contributed by atoms with Gasteiger partial charge in [-0.2, -0.15) is 0 Å². The minimum Gasteiger partial charge on any atom is -0.512 e. The van der Waals surface area contributed by atoms with Crippen molar-refractivity contribution in [3.05, 3.63) is 42.4 Å². The van der Waals surface area contributed by atoms with Crippen molar-refractivity contribution in [3.8, 4) is 5.75 Å². The largest absolute Gasteiger partial charge is 0.512 e. The van der Waals surface area contributed by atoms with Gasteiger partial charge in [0, 0.05) is 0 Å². The zero-order valence-corrected chi connectivity index (χ0v) is 14.3. The summed E-state index contributed by atoms with van der Waals surface area (Å²) in [6.07, 6.45) is 13.6. The normalized spacial score (nSPS) is 32.0. The topological polar surface area (TPSA) is 29.5 Å². The predicted octanol–water partition coefficient (Wildman–Crippen LogP) is 6.19. The van der Waals surface area contributed by atoms with E-state index in [1.54, 1.807) is 0 Å². The molecule has 0 amide bonds. The van der Waals surface area contributed by atoms with Crippen molar-refractivity contribution in [3.63, 3.8) is 0 Å². The first kappa shape index (κ1) is 16.4. The quantitative estimate of drug-likeness (QED) is 0.671. The molecule has 126 valence electrons. The highest BCUT2D eigenvalue weighted by Crippen LogP contribution is 2.43. The highest BCUT2D eigenvalue weighted by atomic mass is 16.5. The average molecular weight is 314 g/mol. The molecule has 0 heterocycles. The van der Waals surface area contributed by atoms with Crippen LogP contribution in [0.25, 0.3) is 0 Å². The summed E-state index contributed by atoms with van der Waals surface area (Å²) in [5.41, 5.74) is 1.45. The van der Waals surface area contributed by atoms with Crippen molar-refractivity contribution in [2.75, 3.05) is 0 Å². The van der Waals surface area contributed by atoms with E-state index in [0.717, 1.165) is 35.7 Å². The summed E-state index contributed by atoms with van der Waals surface area (Å²) >= 11 is 0. The summed E-state index contributed by atoms with van der Waals surface area (Å²) in [5.74, 6) is 4.45. The molecule has 0 atom stereocenters. The Kier molecular flexibility index (Phi) is 5.64. The van der Waals surface area contributed by atoms with Gasteiger partial charge in [0.25, 0.3) is 0 Å². The Morgan fingerprint density at radius 3 is 2.00 bits per heavy atom. The molecule has 2 aliphatic rings. The molecule has 0 unspecified atom stereocenters. The maximum atomic E-state index is 8.63. The van der Waals surface area contributed by atoms with Crippen LogP contribution in [-0.2, 0) is 0 Å². The van der Waals surface area contributed by atoms with Gasteiger partial charge in [0.15, 0.2) is 0 Å². The smallest absolute Gasteiger partial charge is 0.126 e. The average Bonchev–Trinajstić information content (AvgIpc) is 2.61. The standard InChI is InChI=1S/C21H30O2/c1-16-2-4-17(5-3-16)18-6-8-19(9-7-18)20-10-12-21(13-11-20)23-15-14-22/h10-19,22H,2-9H2,1H3/b15-14-. The summed E-state index contributed by atoms with van der Waals surface area (Å²) in [6, 6.07) is 8.38. The van der Waals surface area contributed by atoms with E-state index in [9.17, 15) is 0 Å². The van der Waals surface area contributed by atoms with Crippen molar-refractivity contribution in [2.24, 2.45) is 17.8 Å². The fourth-order valence-electron chi connectivity index (χ4n) is 4.61. The van der Waals surface area contributed by atoms with E-state index >= 15 is 0 Å². The van der Waals surface area contributed by atoms with Gasteiger partial charge in [0.2, 0.25) is 0 Å². The van der Waals surface area contributed by atoms with Gasteiger partial charge in [-0.05, 0) is 79.9 Å². The van der Waals surface area contributed by atoms with Crippen LogP contribution in [0, 0.1) is 17.8 Å². The molecule has 2 nitrogen and oxygen atoms in total. The zero-order chi connectivity index (χ0) is 16.1. The summed E-state index contributed by atoms with van der Waals surface area (Å²) in [6.45, 7) is 2.41. The third-order valence-corrected chi connectivity index (χ3v) is 6.12. The van der Waals surface area contributed by atoms with E-state index < -0.39 is 0 Å². The van der Waals surface area contributed by atoms with Gasteiger partial charge in [-0.1, -0.05) is 31.9 Å². The van der Waals surface area contributed by atoms with E-state index in [1.165, 1.54) is 63.2 Å². The molecule has 0 aliphatic heterocycles. The summed E-state index contributed by atoms with van der Waals surface area (Å²) < 4.78 is 5.27. The lowest BCUT2D eigenvalue weighted by molar-refractivity contribution is 0.165. The molecular formula is C21H30O2. The van der Waals surface area contributed by atoms with Crippen LogP contribution in [0.2, 0.25) is 0 Å². The second kappa shape index (κ2) is 7.90. The number of aliphatic hydroxyl groups is 1. The van der Waals surface area contributed by atoms with Crippen LogP contribution in [0.5, 0.6) is 5.75 Å². The van der Waals surface area contributed by atoms with E-state index in [4.69, 9.17) is 9.84 Å². The molecule has 2 fully saturated rings. The molecule has 3 rings (SSSR count). The fourth-order valence-corrected chi connectivity index (χ4v) is 4.61. The van der Waals surface area contributed by atoms with E-state index in [1.807, 2.05) is 12.1 Å². The van der Waals surface area contributed by atoms with Gasteiger partial charge in [-0.25, -0.2) is 0 Å². The van der Waals surface area contributed by atoms with Crippen molar-refractivity contribution >= 4 is 0 Å². The number of aliphatic hydroxyl groups excluding tert-OH is 1. The van der Waals surface area contributed by atoms with Crippen LogP contribution < -0.4 is 4.74 Å². The molecule has 2 heteroatoms. The Morgan fingerprint density at radius 2 is 1.43 bits per heavy atom. The molecule has 0 bridgehead atoms. The van der Waals surface area contributed by atoms with Crippen molar-refractivity contribution in [1.29, 1.82) is 0 Å². The van der Waals surface area contributed by atoms with Crippen molar-refractivity contribution in [2.45, 2.75) is 64.2 Å². The number of hydrogen-bond acceptors (Lipinski definition) is 2. The Hall–Kier alpha value is -1.44. The number of benzene rings is 1. The first-order chi connectivity index (χ1) is 11.3. The predicted molar refractivity (Wildman–Crippen MR) is 94.7 cm³/mol. The Bertz CT molecular complexity index is 489. The van der Waals surface area contributed by atoms with Gasteiger partial charge < -0.3 is 9.84 Å². The van der Waals surface area contributed by atoms with E-state index in [2.05, 4.69) is 19.1 Å². The molecule has 0 spiro atoms. The molecule has 0 radical (unpaired) electrons. The number of rotatable bonds is 4. The third kappa shape index (κ3) is 4.31. The maximum absolute atomic E-state index is 8.63. The van der Waals surface area contributed by atoms with Crippen LogP contribution in [0.15, 0.2) is 36.8 Å². The van der Waals surface area contributed by atoms with Crippen molar-refractivity contribution in [1.82, 2.24) is 0 Å². The molecule has 2 aliphatic carbocycles. The molecule has 0 aromatic heterocycles. The van der Waals surface area contributed by atoms with Gasteiger partial charge in [0.1, 0.15) is 18.3 Å². The Balaban J connectivity index is 1.50. The third-order valence-electron chi connectivity index (χ3n) is 6.12. The number of hydrogen-bond donors (Lipinski definition) is 1. The van der Waals surface area contributed by atoms with Crippen LogP contribution in [0.1, 0.15) is 69.8 Å². The molecule has 2 saturated carbocycles. The Labute approximate surface area is 140 Å². The first-order valence-corrected chi connectivity index (χ1v) is 9.32. The van der Waals surface area contributed by atoms with Crippen LogP contribution >= 0.6 is 0 Å². The zero-order valence-electron chi connectivity index (χ0n) is 14.3. The van der Waals surface area contributed by atoms with E-state index in [0.29, 0.717) is 0 Å². The van der Waals surface area contributed by atoms with Crippen LogP contribution in [0.3, 0.4) is 0 Å². The van der Waals surface area contributed by atoms with E-state index in [-0.39, 0.29) is 0 Å². The summed E-state index contributed by atoms with van der Waals surface area (Å²) in [4.78, 5) is 0. The van der Waals surface area contributed by atoms with Crippen molar-refractivity contribution < 1.29 is 9.84 Å². The lowest BCUT2D eigenvalue weighted by Gasteiger charge is -2.37. The second-order valence-electron chi connectivity index (χ2n) is 7.60. The van der Waals surface area contributed by atoms with Gasteiger partial charge in [0.05, 0.1) is 0 Å². The monoisotopic (exact) mass is 314 g/mol. The van der Waals surface area contributed by atoms with Gasteiger partial charge in [-0.15, -0.1) is 0 Å². The second-order valence-corrected chi connectivity index (χ2v) is 7.60. The molecule has 1 aromatic rings. The summed E-state index contributed by atoms with van der Waals surface area (Å²) in [7, 11) is 0.